The van der Waals surface area contributed by atoms with Crippen LogP contribution in [0.1, 0.15) is 38.3 Å². The summed E-state index contributed by atoms with van der Waals surface area (Å²) in [5.74, 6) is 0.0553. The lowest BCUT2D eigenvalue weighted by molar-refractivity contribution is -0.121. The SMILES string of the molecule is CCC1OCCC1C(=O)Nc1ccc(C(C)NC)cc1. The van der Waals surface area contributed by atoms with E-state index in [0.29, 0.717) is 12.6 Å². The number of ether oxygens (including phenoxy) is 1. The molecule has 0 saturated carbocycles. The van der Waals surface area contributed by atoms with Crippen LogP contribution in [0, 0.1) is 5.92 Å². The van der Waals surface area contributed by atoms with Crippen LogP contribution in [0.4, 0.5) is 5.69 Å². The van der Waals surface area contributed by atoms with Gasteiger partial charge in [-0.25, -0.2) is 0 Å². The highest BCUT2D eigenvalue weighted by molar-refractivity contribution is 5.93. The molecule has 0 spiro atoms. The van der Waals surface area contributed by atoms with Crippen molar-refractivity contribution in [1.29, 1.82) is 0 Å². The zero-order valence-electron chi connectivity index (χ0n) is 12.5. The van der Waals surface area contributed by atoms with E-state index >= 15 is 0 Å². The van der Waals surface area contributed by atoms with Crippen LogP contribution >= 0.6 is 0 Å². The van der Waals surface area contributed by atoms with Crippen LogP contribution in [0.5, 0.6) is 0 Å². The molecule has 2 rings (SSSR count). The standard InChI is InChI=1S/C16H24N2O2/c1-4-15-14(9-10-20-15)16(19)18-13-7-5-12(6-8-13)11(2)17-3/h5-8,11,14-15,17H,4,9-10H2,1-3H3,(H,18,19). The first-order valence-electron chi connectivity index (χ1n) is 7.35. The van der Waals surface area contributed by atoms with Crippen molar-refractivity contribution < 1.29 is 9.53 Å². The van der Waals surface area contributed by atoms with Crippen molar-refractivity contribution in [1.82, 2.24) is 5.32 Å². The summed E-state index contributed by atoms with van der Waals surface area (Å²) in [6.45, 7) is 4.86. The smallest absolute Gasteiger partial charge is 0.230 e. The molecule has 1 aliphatic rings. The van der Waals surface area contributed by atoms with E-state index < -0.39 is 0 Å². The van der Waals surface area contributed by atoms with Gasteiger partial charge in [0, 0.05) is 18.3 Å². The molecule has 1 aromatic carbocycles. The van der Waals surface area contributed by atoms with Crippen LogP contribution in [0.15, 0.2) is 24.3 Å². The summed E-state index contributed by atoms with van der Waals surface area (Å²) in [5.41, 5.74) is 2.06. The predicted octanol–water partition coefficient (Wildman–Crippen LogP) is 2.72. The molecule has 4 nitrogen and oxygen atoms in total. The van der Waals surface area contributed by atoms with E-state index in [4.69, 9.17) is 4.74 Å². The van der Waals surface area contributed by atoms with E-state index in [0.717, 1.165) is 18.5 Å². The number of anilines is 1. The van der Waals surface area contributed by atoms with E-state index in [-0.39, 0.29) is 17.9 Å². The molecule has 1 amide bonds. The Morgan fingerprint density at radius 3 is 2.70 bits per heavy atom. The minimum Gasteiger partial charge on any atom is -0.377 e. The maximum absolute atomic E-state index is 12.3. The van der Waals surface area contributed by atoms with Gasteiger partial charge in [0.05, 0.1) is 12.0 Å². The fraction of sp³-hybridized carbons (Fsp3) is 0.562. The van der Waals surface area contributed by atoms with Crippen LogP contribution < -0.4 is 10.6 Å². The molecule has 1 aromatic rings. The number of carbonyl (C=O) groups excluding carboxylic acids is 1. The Hall–Kier alpha value is -1.39. The van der Waals surface area contributed by atoms with Gasteiger partial charge in [0.15, 0.2) is 0 Å². The average Bonchev–Trinajstić information content (AvgIpc) is 2.95. The highest BCUT2D eigenvalue weighted by Gasteiger charge is 2.32. The molecule has 20 heavy (non-hydrogen) atoms. The first-order chi connectivity index (χ1) is 9.65. The van der Waals surface area contributed by atoms with Crippen molar-refractivity contribution in [3.63, 3.8) is 0 Å². The van der Waals surface area contributed by atoms with Crippen molar-refractivity contribution in [2.45, 2.75) is 38.8 Å². The van der Waals surface area contributed by atoms with E-state index in [2.05, 4.69) is 24.5 Å². The van der Waals surface area contributed by atoms with Crippen LogP contribution in [0.3, 0.4) is 0 Å². The van der Waals surface area contributed by atoms with Gasteiger partial charge >= 0.3 is 0 Å². The first-order valence-corrected chi connectivity index (χ1v) is 7.35. The van der Waals surface area contributed by atoms with Crippen LogP contribution in [-0.2, 0) is 9.53 Å². The Balaban J connectivity index is 1.97. The highest BCUT2D eigenvalue weighted by Crippen LogP contribution is 2.25. The third-order valence-electron chi connectivity index (χ3n) is 4.06. The van der Waals surface area contributed by atoms with Gasteiger partial charge in [-0.3, -0.25) is 4.79 Å². The van der Waals surface area contributed by atoms with Gasteiger partial charge in [-0.05, 0) is 44.5 Å². The van der Waals surface area contributed by atoms with E-state index in [1.54, 1.807) is 0 Å². The molecule has 0 radical (unpaired) electrons. The van der Waals surface area contributed by atoms with Gasteiger partial charge in [-0.1, -0.05) is 19.1 Å². The van der Waals surface area contributed by atoms with Gasteiger partial charge in [0.1, 0.15) is 0 Å². The molecule has 0 bridgehead atoms. The normalized spacial score (nSPS) is 23.6. The molecular formula is C16H24N2O2. The van der Waals surface area contributed by atoms with Crippen molar-refractivity contribution in [3.8, 4) is 0 Å². The Kier molecular flexibility index (Phi) is 5.15. The van der Waals surface area contributed by atoms with Crippen molar-refractivity contribution in [3.05, 3.63) is 29.8 Å². The number of rotatable bonds is 5. The van der Waals surface area contributed by atoms with Crippen LogP contribution in [0.2, 0.25) is 0 Å². The number of hydrogen-bond acceptors (Lipinski definition) is 3. The molecular weight excluding hydrogens is 252 g/mol. The third kappa shape index (κ3) is 3.38. The lowest BCUT2D eigenvalue weighted by Crippen LogP contribution is -2.29. The third-order valence-corrected chi connectivity index (χ3v) is 4.06. The molecule has 1 fully saturated rings. The Morgan fingerprint density at radius 1 is 1.40 bits per heavy atom. The second-order valence-corrected chi connectivity index (χ2v) is 5.33. The number of amides is 1. The molecule has 3 unspecified atom stereocenters. The molecule has 0 aromatic heterocycles. The Bertz CT molecular complexity index is 444. The molecule has 0 aliphatic carbocycles. The van der Waals surface area contributed by atoms with Crippen LogP contribution in [-0.4, -0.2) is 25.7 Å². The number of hydrogen-bond donors (Lipinski definition) is 2. The fourth-order valence-electron chi connectivity index (χ4n) is 2.61. The van der Waals surface area contributed by atoms with Gasteiger partial charge in [-0.2, -0.15) is 0 Å². The lowest BCUT2D eigenvalue weighted by atomic mass is 9.98. The highest BCUT2D eigenvalue weighted by atomic mass is 16.5. The summed E-state index contributed by atoms with van der Waals surface area (Å²) < 4.78 is 5.57. The summed E-state index contributed by atoms with van der Waals surface area (Å²) in [4.78, 5) is 12.3. The summed E-state index contributed by atoms with van der Waals surface area (Å²) in [6, 6.07) is 8.31. The summed E-state index contributed by atoms with van der Waals surface area (Å²) in [5, 5.41) is 6.19. The monoisotopic (exact) mass is 276 g/mol. The quantitative estimate of drug-likeness (QED) is 0.869. The maximum atomic E-state index is 12.3. The van der Waals surface area contributed by atoms with E-state index in [9.17, 15) is 4.79 Å². The number of benzene rings is 1. The zero-order chi connectivity index (χ0) is 14.5. The van der Waals surface area contributed by atoms with Crippen molar-refractivity contribution >= 4 is 11.6 Å². The molecule has 1 heterocycles. The van der Waals surface area contributed by atoms with Gasteiger partial charge in [-0.15, -0.1) is 0 Å². The molecule has 3 atom stereocenters. The molecule has 110 valence electrons. The molecule has 1 aliphatic heterocycles. The second-order valence-electron chi connectivity index (χ2n) is 5.33. The first kappa shape index (κ1) is 15.0. The summed E-state index contributed by atoms with van der Waals surface area (Å²) in [6.07, 6.45) is 1.77. The van der Waals surface area contributed by atoms with Crippen LogP contribution in [0.25, 0.3) is 0 Å². The van der Waals surface area contributed by atoms with E-state index in [1.807, 2.05) is 31.3 Å². The topological polar surface area (TPSA) is 50.4 Å². The minimum atomic E-state index is -0.0177. The van der Waals surface area contributed by atoms with Crippen molar-refractivity contribution in [2.24, 2.45) is 5.92 Å². The molecule has 1 saturated heterocycles. The fourth-order valence-corrected chi connectivity index (χ4v) is 2.61. The lowest BCUT2D eigenvalue weighted by Gasteiger charge is -2.17. The Labute approximate surface area is 120 Å². The zero-order valence-corrected chi connectivity index (χ0v) is 12.5. The van der Waals surface area contributed by atoms with Gasteiger partial charge < -0.3 is 15.4 Å². The van der Waals surface area contributed by atoms with E-state index in [1.165, 1.54) is 5.56 Å². The molecule has 4 heteroatoms. The summed E-state index contributed by atoms with van der Waals surface area (Å²) in [7, 11) is 1.94. The van der Waals surface area contributed by atoms with Crippen molar-refractivity contribution in [2.75, 3.05) is 19.0 Å². The largest absolute Gasteiger partial charge is 0.377 e. The maximum Gasteiger partial charge on any atom is 0.230 e. The summed E-state index contributed by atoms with van der Waals surface area (Å²) >= 11 is 0. The molecule has 2 N–H and O–H groups in total. The number of nitrogens with one attached hydrogen (secondary N) is 2. The average molecular weight is 276 g/mol. The van der Waals surface area contributed by atoms with Gasteiger partial charge in [0.2, 0.25) is 5.91 Å². The predicted molar refractivity (Wildman–Crippen MR) is 80.7 cm³/mol. The number of carbonyl (C=O) groups is 1. The minimum absolute atomic E-state index is 0.0177. The second kappa shape index (κ2) is 6.86. The van der Waals surface area contributed by atoms with Gasteiger partial charge in [0.25, 0.3) is 0 Å². The Morgan fingerprint density at radius 2 is 2.10 bits per heavy atom.